The van der Waals surface area contributed by atoms with Crippen LogP contribution in [0.2, 0.25) is 0 Å². The lowest BCUT2D eigenvalue weighted by molar-refractivity contribution is 0.0554. The molecule has 0 saturated heterocycles. The largest absolute Gasteiger partial charge is 0.389 e. The fourth-order valence-corrected chi connectivity index (χ4v) is 2.65. The van der Waals surface area contributed by atoms with Crippen LogP contribution in [0.3, 0.4) is 0 Å². The molecular weight excluding hydrogens is 260 g/mol. The van der Waals surface area contributed by atoms with Crippen LogP contribution >= 0.6 is 0 Å². The van der Waals surface area contributed by atoms with Gasteiger partial charge in [0.05, 0.1) is 12.7 Å². The van der Waals surface area contributed by atoms with Gasteiger partial charge in [-0.1, -0.05) is 0 Å². The molecule has 0 bridgehead atoms. The molecule has 8 heteroatoms. The minimum atomic E-state index is -3.91. The second kappa shape index (κ2) is 6.10. The number of nitrogens with zero attached hydrogens (tertiary/aromatic N) is 1. The van der Waals surface area contributed by atoms with Gasteiger partial charge in [0.1, 0.15) is 4.90 Å². The molecule has 0 aromatic carbocycles. The molecule has 1 aromatic heterocycles. The molecule has 1 unspecified atom stereocenters. The number of hydrogen-bond donors (Lipinski definition) is 2. The van der Waals surface area contributed by atoms with E-state index in [-0.39, 0.29) is 18.0 Å². The lowest BCUT2D eigenvalue weighted by Crippen LogP contribution is -2.37. The van der Waals surface area contributed by atoms with E-state index in [1.54, 1.807) is 0 Å². The number of aliphatic hydroxyl groups is 1. The molecule has 0 aliphatic heterocycles. The Labute approximate surface area is 105 Å². The number of likely N-dealkylation sites (N-methyl/N-ethyl adjacent to an activating group) is 1. The van der Waals surface area contributed by atoms with Crippen LogP contribution in [0.25, 0.3) is 0 Å². The van der Waals surface area contributed by atoms with Crippen LogP contribution in [0.5, 0.6) is 0 Å². The lowest BCUT2D eigenvalue weighted by Gasteiger charge is -2.19. The fourth-order valence-electron chi connectivity index (χ4n) is 1.41. The van der Waals surface area contributed by atoms with Crippen molar-refractivity contribution in [2.75, 3.05) is 27.3 Å². The summed E-state index contributed by atoms with van der Waals surface area (Å²) in [4.78, 5) is 13.7. The second-order valence-electron chi connectivity index (χ2n) is 3.77. The normalized spacial score (nSPS) is 13.8. The number of nitrogens with one attached hydrogen (secondary N) is 1. The fraction of sp³-hybridized carbons (Fsp3) is 0.500. The minimum absolute atomic E-state index is 0.0189. The van der Waals surface area contributed by atoms with Crippen molar-refractivity contribution in [2.45, 2.75) is 11.0 Å². The first-order chi connectivity index (χ1) is 8.39. The van der Waals surface area contributed by atoms with Gasteiger partial charge in [0.2, 0.25) is 15.5 Å². The van der Waals surface area contributed by atoms with Crippen molar-refractivity contribution in [3.63, 3.8) is 0 Å². The first-order valence-corrected chi connectivity index (χ1v) is 6.64. The highest BCUT2D eigenvalue weighted by Gasteiger charge is 2.25. The van der Waals surface area contributed by atoms with Gasteiger partial charge < -0.3 is 14.8 Å². The highest BCUT2D eigenvalue weighted by atomic mass is 32.2. The Kier molecular flexibility index (Phi) is 5.03. The monoisotopic (exact) mass is 276 g/mol. The third kappa shape index (κ3) is 3.39. The number of aromatic amines is 1. The van der Waals surface area contributed by atoms with Crippen LogP contribution in [-0.4, -0.2) is 56.2 Å². The Balaban J connectivity index is 2.94. The van der Waals surface area contributed by atoms with Gasteiger partial charge in [0.25, 0.3) is 0 Å². The van der Waals surface area contributed by atoms with Gasteiger partial charge in [-0.15, -0.1) is 0 Å². The summed E-state index contributed by atoms with van der Waals surface area (Å²) in [5.74, 6) is 0. The van der Waals surface area contributed by atoms with Crippen molar-refractivity contribution < 1.29 is 18.3 Å². The zero-order chi connectivity index (χ0) is 13.8. The van der Waals surface area contributed by atoms with Crippen LogP contribution in [0, 0.1) is 0 Å². The molecule has 0 saturated carbocycles. The summed E-state index contributed by atoms with van der Waals surface area (Å²) in [7, 11) is -1.21. The van der Waals surface area contributed by atoms with E-state index in [2.05, 4.69) is 4.98 Å². The van der Waals surface area contributed by atoms with E-state index in [1.807, 2.05) is 0 Å². The number of sulfonamides is 1. The molecule has 0 fully saturated rings. The molecule has 18 heavy (non-hydrogen) atoms. The number of pyridine rings is 1. The molecule has 0 spiro atoms. The molecule has 102 valence electrons. The van der Waals surface area contributed by atoms with Crippen LogP contribution < -0.4 is 5.43 Å². The molecular formula is C10H16N2O5S. The summed E-state index contributed by atoms with van der Waals surface area (Å²) in [6, 6.07) is 1.13. The van der Waals surface area contributed by atoms with E-state index < -0.39 is 21.6 Å². The third-order valence-corrected chi connectivity index (χ3v) is 4.15. The zero-order valence-corrected chi connectivity index (χ0v) is 11.0. The molecule has 0 radical (unpaired) electrons. The number of ether oxygens (including phenoxy) is 1. The predicted molar refractivity (Wildman–Crippen MR) is 64.8 cm³/mol. The minimum Gasteiger partial charge on any atom is -0.389 e. The molecule has 2 N–H and O–H groups in total. The Bertz CT molecular complexity index is 539. The standard InChI is InChI=1S/C10H16N2O5S/c1-12(6-8(13)7-17-2)18(15,16)10-5-11-4-3-9(10)14/h3-5,8,13H,6-7H2,1-2H3,(H,11,14). The Morgan fingerprint density at radius 1 is 1.56 bits per heavy atom. The zero-order valence-electron chi connectivity index (χ0n) is 10.2. The summed E-state index contributed by atoms with van der Waals surface area (Å²) in [5, 5.41) is 9.48. The molecule has 1 rings (SSSR count). The van der Waals surface area contributed by atoms with E-state index in [0.29, 0.717) is 0 Å². The molecule has 1 aromatic rings. The van der Waals surface area contributed by atoms with Crippen molar-refractivity contribution in [1.82, 2.24) is 9.29 Å². The number of hydrogen-bond acceptors (Lipinski definition) is 5. The summed E-state index contributed by atoms with van der Waals surface area (Å²) in [5.41, 5.74) is -0.596. The topological polar surface area (TPSA) is 99.7 Å². The van der Waals surface area contributed by atoms with Crippen molar-refractivity contribution in [1.29, 1.82) is 0 Å². The van der Waals surface area contributed by atoms with Gasteiger partial charge in [-0.2, -0.15) is 4.31 Å². The summed E-state index contributed by atoms with van der Waals surface area (Å²) >= 11 is 0. The summed E-state index contributed by atoms with van der Waals surface area (Å²) < 4.78 is 29.7. The number of methoxy groups -OCH3 is 1. The Hall–Kier alpha value is -1.22. The molecule has 0 aliphatic carbocycles. The Morgan fingerprint density at radius 2 is 2.22 bits per heavy atom. The van der Waals surface area contributed by atoms with Crippen molar-refractivity contribution in [3.05, 3.63) is 28.7 Å². The smallest absolute Gasteiger partial charge is 0.248 e. The molecule has 7 nitrogen and oxygen atoms in total. The van der Waals surface area contributed by atoms with Gasteiger partial charge in [0, 0.05) is 39.2 Å². The highest BCUT2D eigenvalue weighted by molar-refractivity contribution is 7.89. The average Bonchev–Trinajstić information content (AvgIpc) is 2.29. The maximum atomic E-state index is 12.0. The van der Waals surface area contributed by atoms with Crippen LogP contribution in [0.4, 0.5) is 0 Å². The SMILES string of the molecule is COCC(O)CN(C)S(=O)(=O)c1c[nH]ccc1=O. The summed E-state index contributed by atoms with van der Waals surface area (Å²) in [6.07, 6.45) is 1.52. The highest BCUT2D eigenvalue weighted by Crippen LogP contribution is 2.08. The number of aliphatic hydroxyl groups excluding tert-OH is 1. The van der Waals surface area contributed by atoms with E-state index in [4.69, 9.17) is 4.74 Å². The van der Waals surface area contributed by atoms with Crippen LogP contribution in [0.15, 0.2) is 28.2 Å². The third-order valence-electron chi connectivity index (χ3n) is 2.30. The number of aromatic nitrogens is 1. The van der Waals surface area contributed by atoms with E-state index in [9.17, 15) is 18.3 Å². The van der Waals surface area contributed by atoms with Gasteiger partial charge in [0.15, 0.2) is 0 Å². The number of H-pyrrole nitrogens is 1. The maximum absolute atomic E-state index is 12.0. The molecule has 1 atom stereocenters. The van der Waals surface area contributed by atoms with Gasteiger partial charge in [-0.05, 0) is 0 Å². The van der Waals surface area contributed by atoms with E-state index >= 15 is 0 Å². The Morgan fingerprint density at radius 3 is 2.78 bits per heavy atom. The van der Waals surface area contributed by atoms with E-state index in [1.165, 1.54) is 20.4 Å². The number of rotatable bonds is 6. The van der Waals surface area contributed by atoms with Crippen molar-refractivity contribution in [2.24, 2.45) is 0 Å². The molecule has 0 amide bonds. The van der Waals surface area contributed by atoms with E-state index in [0.717, 1.165) is 16.6 Å². The predicted octanol–water partition coefficient (Wildman–Crippen LogP) is -0.997. The second-order valence-corrected chi connectivity index (χ2v) is 5.78. The quantitative estimate of drug-likeness (QED) is 0.694. The maximum Gasteiger partial charge on any atom is 0.248 e. The average molecular weight is 276 g/mol. The van der Waals surface area contributed by atoms with Gasteiger partial charge in [-0.3, -0.25) is 4.79 Å². The van der Waals surface area contributed by atoms with Crippen LogP contribution in [0.1, 0.15) is 0 Å². The van der Waals surface area contributed by atoms with Crippen molar-refractivity contribution >= 4 is 10.0 Å². The first kappa shape index (κ1) is 14.8. The van der Waals surface area contributed by atoms with Gasteiger partial charge >= 0.3 is 0 Å². The van der Waals surface area contributed by atoms with Gasteiger partial charge in [-0.25, -0.2) is 8.42 Å². The molecule has 1 heterocycles. The lowest BCUT2D eigenvalue weighted by atomic mass is 10.4. The first-order valence-electron chi connectivity index (χ1n) is 5.20. The van der Waals surface area contributed by atoms with Crippen molar-refractivity contribution in [3.8, 4) is 0 Å². The van der Waals surface area contributed by atoms with Crippen LogP contribution in [-0.2, 0) is 14.8 Å². The summed E-state index contributed by atoms with van der Waals surface area (Å²) in [6.45, 7) is -0.129. The molecule has 0 aliphatic rings.